The molecule has 4 N–H and O–H groups in total. The third-order valence-electron chi connectivity index (χ3n) is 14.5. The maximum Gasteiger partial charge on any atom is 0.407 e. The number of fused-ring (bicyclic) bond motifs is 3. The largest absolute Gasteiger partial charge is 0.453 e. The number of rotatable bonds is 16. The highest BCUT2D eigenvalue weighted by Gasteiger charge is 2.43. The first-order valence-corrected chi connectivity index (χ1v) is 24.3. The van der Waals surface area contributed by atoms with Crippen molar-refractivity contribution in [2.45, 2.75) is 83.0 Å². The minimum atomic E-state index is -0.798. The van der Waals surface area contributed by atoms with Gasteiger partial charge >= 0.3 is 6.09 Å². The molecule has 1 unspecified atom stereocenters. The van der Waals surface area contributed by atoms with Crippen molar-refractivity contribution in [3.8, 4) is 22.4 Å². The molecule has 352 valence electrons. The highest BCUT2D eigenvalue weighted by Crippen LogP contribution is 2.40. The van der Waals surface area contributed by atoms with Crippen LogP contribution in [0.25, 0.3) is 44.2 Å². The van der Waals surface area contributed by atoms with Crippen molar-refractivity contribution in [1.82, 2.24) is 40.4 Å². The van der Waals surface area contributed by atoms with Crippen LogP contribution in [-0.4, -0.2) is 93.0 Å². The fraction of sp³-hybridized carbons (Fsp3) is 0.407. The molecule has 0 spiro atoms. The van der Waals surface area contributed by atoms with E-state index in [0.29, 0.717) is 38.6 Å². The van der Waals surface area contributed by atoms with Crippen molar-refractivity contribution in [3.05, 3.63) is 120 Å². The molecule has 2 aromatic heterocycles. The van der Waals surface area contributed by atoms with Gasteiger partial charge in [-0.2, -0.15) is 0 Å². The second-order valence-corrected chi connectivity index (χ2v) is 19.2. The first-order chi connectivity index (χ1) is 33.1. The zero-order valence-electron chi connectivity index (χ0n) is 39.0. The molecule has 4 amide bonds. The Morgan fingerprint density at radius 2 is 1.62 bits per heavy atom. The fourth-order valence-corrected chi connectivity index (χ4v) is 10.1. The van der Waals surface area contributed by atoms with E-state index in [2.05, 4.69) is 87.4 Å². The summed E-state index contributed by atoms with van der Waals surface area (Å²) in [6, 6.07) is 26.5. The average Bonchev–Trinajstić information content (AvgIpc) is 3.71. The zero-order chi connectivity index (χ0) is 46.9. The number of aromatic nitrogens is 4. The second kappa shape index (κ2) is 19.4. The number of H-pyrrole nitrogens is 2. The Morgan fingerprint density at radius 3 is 2.35 bits per heavy atom. The van der Waals surface area contributed by atoms with Gasteiger partial charge in [-0.15, -0.1) is 0 Å². The Morgan fingerprint density at radius 1 is 0.838 bits per heavy atom. The third kappa shape index (κ3) is 9.25. The number of allylic oxidation sites excluding steroid dienone is 1. The number of nitrogens with zero attached hydrogens (tertiary/aromatic N) is 4. The van der Waals surface area contributed by atoms with Crippen LogP contribution in [0.1, 0.15) is 94.1 Å². The number of likely N-dealkylation sites (tertiary alicyclic amines) is 2. The molecular weight excluding hydrogens is 857 g/mol. The summed E-state index contributed by atoms with van der Waals surface area (Å²) in [5, 5.41) is 7.93. The molecule has 14 nitrogen and oxygen atoms in total. The van der Waals surface area contributed by atoms with Gasteiger partial charge in [0.15, 0.2) is 0 Å². The van der Waals surface area contributed by atoms with Gasteiger partial charge in [-0.05, 0) is 84.2 Å². The average molecular weight is 917 g/mol. The van der Waals surface area contributed by atoms with Crippen molar-refractivity contribution in [2.75, 3.05) is 33.4 Å². The molecule has 14 heteroatoms. The van der Waals surface area contributed by atoms with E-state index in [4.69, 9.17) is 19.4 Å². The molecular formula is C54H60N8O6. The monoisotopic (exact) mass is 916 g/mol. The highest BCUT2D eigenvalue weighted by molar-refractivity contribution is 6.05. The number of imidazole rings is 2. The fourth-order valence-electron chi connectivity index (χ4n) is 10.1. The number of amides is 4. The number of aromatic amines is 2. The van der Waals surface area contributed by atoms with Gasteiger partial charge in [-0.3, -0.25) is 14.4 Å². The topological polar surface area (TPSA) is 175 Å². The molecule has 1 saturated carbocycles. The Bertz CT molecular complexity index is 2830. The van der Waals surface area contributed by atoms with E-state index < -0.39 is 18.2 Å². The van der Waals surface area contributed by atoms with Gasteiger partial charge in [0.2, 0.25) is 17.7 Å². The number of benzene rings is 4. The van der Waals surface area contributed by atoms with Crippen LogP contribution >= 0.6 is 0 Å². The molecule has 2 saturated heterocycles. The Labute approximate surface area is 396 Å². The number of hydrogen-bond acceptors (Lipinski definition) is 8. The lowest BCUT2D eigenvalue weighted by atomic mass is 9.96. The van der Waals surface area contributed by atoms with Crippen LogP contribution in [0.4, 0.5) is 4.79 Å². The van der Waals surface area contributed by atoms with Crippen molar-refractivity contribution in [2.24, 2.45) is 23.7 Å². The predicted octanol–water partition coefficient (Wildman–Crippen LogP) is 8.96. The van der Waals surface area contributed by atoms with Gasteiger partial charge in [0, 0.05) is 36.2 Å². The number of carbonyl (C=O) groups excluding carboxylic acids is 4. The summed E-state index contributed by atoms with van der Waals surface area (Å²) >= 11 is 0. The summed E-state index contributed by atoms with van der Waals surface area (Å²) < 4.78 is 11.0. The molecule has 2 aliphatic carbocycles. The minimum Gasteiger partial charge on any atom is -0.453 e. The van der Waals surface area contributed by atoms with Crippen LogP contribution in [0.3, 0.4) is 0 Å². The predicted molar refractivity (Wildman–Crippen MR) is 260 cm³/mol. The first-order valence-electron chi connectivity index (χ1n) is 24.3. The third-order valence-corrected chi connectivity index (χ3v) is 14.5. The van der Waals surface area contributed by atoms with Gasteiger partial charge in [-0.1, -0.05) is 105 Å². The Balaban J connectivity index is 0.871. The number of nitrogens with one attached hydrogen (secondary N) is 4. The molecule has 3 fully saturated rings. The van der Waals surface area contributed by atoms with Crippen molar-refractivity contribution >= 4 is 45.6 Å². The lowest BCUT2D eigenvalue weighted by Gasteiger charge is -2.30. The van der Waals surface area contributed by atoms with Gasteiger partial charge < -0.3 is 39.9 Å². The van der Waals surface area contributed by atoms with Crippen LogP contribution in [0.15, 0.2) is 103 Å². The van der Waals surface area contributed by atoms with Gasteiger partial charge in [0.1, 0.15) is 23.7 Å². The number of hydrogen-bond donors (Lipinski definition) is 4. The highest BCUT2D eigenvalue weighted by atomic mass is 16.5. The molecule has 6 aromatic rings. The van der Waals surface area contributed by atoms with Crippen molar-refractivity contribution in [1.29, 1.82) is 0 Å². The number of methoxy groups -OCH3 is 1. The molecule has 0 radical (unpaired) electrons. The molecule has 10 rings (SSSR count). The Hall–Kier alpha value is -6.80. The molecule has 7 atom stereocenters. The lowest BCUT2D eigenvalue weighted by molar-refractivity contribution is -0.138. The summed E-state index contributed by atoms with van der Waals surface area (Å²) in [6.07, 6.45) is 11.3. The summed E-state index contributed by atoms with van der Waals surface area (Å²) in [5.41, 5.74) is 6.46. The molecule has 4 heterocycles. The van der Waals surface area contributed by atoms with Crippen molar-refractivity contribution in [3.63, 3.8) is 0 Å². The maximum atomic E-state index is 14.8. The standard InChI is InChI=1S/C54H60N8O6/c1-4-32(2)46(60-54(66)67-3)52(64)61-25-9-14-44(61)49-55-28-43(57-49)36-17-15-35(16-18-36)39-21-23-41-40(27-39)22-24-42-48(41)58-50(56-42)45-26-34(31-68-30-33-10-8-11-33)29-62(45)53(65)47(37-12-6-5-7-13-37)59-51(63)38-19-20-38/h5-8,10,12-13,15-18,21-24,27-28,32-34,38,44-47H,4,9,11,14,19-20,25-26,29-31H2,1-3H3,(H,55,57)(H,56,58)(H,59,63)(H,60,66)/t32-,33?,34-,44-,45-,46-,47+/m0/s1. The van der Waals surface area contributed by atoms with Gasteiger partial charge in [0.25, 0.3) is 0 Å². The molecule has 4 aliphatic rings. The number of alkyl carbamates (subject to hydrolysis) is 1. The van der Waals surface area contributed by atoms with E-state index >= 15 is 0 Å². The second-order valence-electron chi connectivity index (χ2n) is 19.2. The van der Waals surface area contributed by atoms with E-state index in [-0.39, 0.29) is 47.6 Å². The Kier molecular flexibility index (Phi) is 12.9. The van der Waals surface area contributed by atoms with Gasteiger partial charge in [-0.25, -0.2) is 14.8 Å². The minimum absolute atomic E-state index is 0.0347. The van der Waals surface area contributed by atoms with Crippen LogP contribution in [-0.2, 0) is 23.9 Å². The normalized spacial score (nSPS) is 21.4. The first kappa shape index (κ1) is 45.0. The van der Waals surface area contributed by atoms with E-state index in [1.54, 1.807) is 0 Å². The maximum absolute atomic E-state index is 14.8. The van der Waals surface area contributed by atoms with Crippen LogP contribution < -0.4 is 10.6 Å². The van der Waals surface area contributed by atoms with E-state index in [0.717, 1.165) is 99.9 Å². The van der Waals surface area contributed by atoms with Crippen LogP contribution in [0, 0.1) is 23.7 Å². The quantitative estimate of drug-likeness (QED) is 0.0697. The van der Waals surface area contributed by atoms with Crippen LogP contribution in [0.5, 0.6) is 0 Å². The summed E-state index contributed by atoms with van der Waals surface area (Å²) in [6.45, 7) is 6.28. The summed E-state index contributed by atoms with van der Waals surface area (Å²) in [7, 11) is 1.30. The lowest BCUT2D eigenvalue weighted by Crippen LogP contribution is -2.51. The molecule has 4 aromatic carbocycles. The zero-order valence-corrected chi connectivity index (χ0v) is 39.0. The van der Waals surface area contributed by atoms with E-state index in [1.807, 2.05) is 60.2 Å². The van der Waals surface area contributed by atoms with Crippen LogP contribution in [0.2, 0.25) is 0 Å². The molecule has 0 bridgehead atoms. The molecule has 68 heavy (non-hydrogen) atoms. The van der Waals surface area contributed by atoms with Gasteiger partial charge in [0.05, 0.1) is 55.3 Å². The van der Waals surface area contributed by atoms with Crippen molar-refractivity contribution < 1.29 is 28.7 Å². The molecule has 2 aliphatic heterocycles. The number of ether oxygens (including phenoxy) is 2. The summed E-state index contributed by atoms with van der Waals surface area (Å²) in [5.74, 6) is 1.59. The summed E-state index contributed by atoms with van der Waals surface area (Å²) in [4.78, 5) is 74.7. The smallest absolute Gasteiger partial charge is 0.407 e. The number of carbonyl (C=O) groups is 4. The SMILES string of the molecule is CC[C@H](C)[C@H](NC(=O)OC)C(=O)N1CCC[C@H]1c1ncc(-c2ccc(-c3ccc4c(ccc5[nH]c([C@@H]6C[C@H](COCC7C=CC7)CN6C(=O)[C@H](NC(=O)C6CC6)c6ccccc6)nc54)c3)cc2)[nH]1. The van der Waals surface area contributed by atoms with E-state index in [9.17, 15) is 19.2 Å². The van der Waals surface area contributed by atoms with E-state index in [1.165, 1.54) is 7.11 Å².